The van der Waals surface area contributed by atoms with Crippen molar-refractivity contribution in [3.8, 4) is 0 Å². The summed E-state index contributed by atoms with van der Waals surface area (Å²) in [5.74, 6) is -2.42. The number of halogens is 4. The molecule has 0 aliphatic rings. The number of aryl methyl sites for hydroxylation is 1. The number of hydrogen-bond donors (Lipinski definition) is 2. The average molecular weight is 374 g/mol. The minimum Gasteiger partial charge on any atom is -0.480 e. The number of carbonyl (C=O) groups is 2. The van der Waals surface area contributed by atoms with Gasteiger partial charge in [0.1, 0.15) is 6.04 Å². The molecule has 2 N–H and O–H groups in total. The third kappa shape index (κ3) is 6.38. The summed E-state index contributed by atoms with van der Waals surface area (Å²) < 4.78 is 37.3. The molecule has 0 bridgehead atoms. The molecule has 1 aromatic rings. The lowest BCUT2D eigenvalue weighted by Gasteiger charge is -2.16. The van der Waals surface area contributed by atoms with Crippen molar-refractivity contribution in [3.05, 3.63) is 20.8 Å². The molecule has 0 saturated heterocycles. The minimum atomic E-state index is -4.64. The SMILES string of the molecule is O=C(CCc1cc(Br)cs1)NC(CC(F)(F)F)C(=O)O. The van der Waals surface area contributed by atoms with E-state index in [1.165, 1.54) is 11.3 Å². The number of thiophene rings is 1. The Morgan fingerprint density at radius 2 is 2.10 bits per heavy atom. The maximum absolute atomic E-state index is 12.2. The Kier molecular flexibility index (Phi) is 6.00. The molecule has 0 aliphatic heterocycles. The fraction of sp³-hybridized carbons (Fsp3) is 0.455. The lowest BCUT2D eigenvalue weighted by molar-refractivity contribution is -0.160. The van der Waals surface area contributed by atoms with Gasteiger partial charge in [0, 0.05) is 21.2 Å². The van der Waals surface area contributed by atoms with E-state index in [0.29, 0.717) is 6.42 Å². The van der Waals surface area contributed by atoms with E-state index >= 15 is 0 Å². The zero-order valence-corrected chi connectivity index (χ0v) is 12.4. The largest absolute Gasteiger partial charge is 0.480 e. The molecule has 0 saturated carbocycles. The van der Waals surface area contributed by atoms with Gasteiger partial charge < -0.3 is 10.4 Å². The molecule has 1 atom stereocenters. The van der Waals surface area contributed by atoms with Crippen LogP contribution >= 0.6 is 27.3 Å². The number of hydrogen-bond acceptors (Lipinski definition) is 3. The van der Waals surface area contributed by atoms with Crippen LogP contribution in [0.2, 0.25) is 0 Å². The molecule has 9 heteroatoms. The van der Waals surface area contributed by atoms with E-state index in [-0.39, 0.29) is 6.42 Å². The number of alkyl halides is 3. The highest BCUT2D eigenvalue weighted by Crippen LogP contribution is 2.22. The number of carboxylic acids is 1. The van der Waals surface area contributed by atoms with Crippen molar-refractivity contribution in [3.63, 3.8) is 0 Å². The maximum Gasteiger partial charge on any atom is 0.391 e. The summed E-state index contributed by atoms with van der Waals surface area (Å²) in [6.07, 6.45) is -5.94. The van der Waals surface area contributed by atoms with Crippen molar-refractivity contribution in [2.75, 3.05) is 0 Å². The van der Waals surface area contributed by atoms with Crippen LogP contribution in [0, 0.1) is 0 Å². The van der Waals surface area contributed by atoms with E-state index in [0.717, 1.165) is 9.35 Å². The van der Waals surface area contributed by atoms with Crippen LogP contribution in [0.15, 0.2) is 15.9 Å². The van der Waals surface area contributed by atoms with Crippen LogP contribution in [-0.2, 0) is 16.0 Å². The third-order valence-corrected chi connectivity index (χ3v) is 4.05. The summed E-state index contributed by atoms with van der Waals surface area (Å²) in [4.78, 5) is 23.0. The van der Waals surface area contributed by atoms with Crippen LogP contribution in [0.5, 0.6) is 0 Å². The predicted molar refractivity (Wildman–Crippen MR) is 70.6 cm³/mol. The Morgan fingerprint density at radius 3 is 2.55 bits per heavy atom. The molecule has 1 aromatic heterocycles. The summed E-state index contributed by atoms with van der Waals surface area (Å²) >= 11 is 4.64. The molecule has 1 unspecified atom stereocenters. The zero-order valence-electron chi connectivity index (χ0n) is 10.0. The number of carboxylic acid groups (broad SMARTS) is 1. The van der Waals surface area contributed by atoms with Crippen LogP contribution in [-0.4, -0.2) is 29.2 Å². The fourth-order valence-corrected chi connectivity index (χ4v) is 2.87. The summed E-state index contributed by atoms with van der Waals surface area (Å²) in [7, 11) is 0. The lowest BCUT2D eigenvalue weighted by atomic mass is 10.2. The van der Waals surface area contributed by atoms with Crippen LogP contribution in [0.4, 0.5) is 13.2 Å². The van der Waals surface area contributed by atoms with Crippen molar-refractivity contribution in [1.29, 1.82) is 0 Å². The van der Waals surface area contributed by atoms with Gasteiger partial charge in [-0.15, -0.1) is 11.3 Å². The van der Waals surface area contributed by atoms with Crippen molar-refractivity contribution in [2.24, 2.45) is 0 Å². The highest BCUT2D eigenvalue weighted by atomic mass is 79.9. The predicted octanol–water partition coefficient (Wildman–Crippen LogP) is 2.96. The van der Waals surface area contributed by atoms with Crippen molar-refractivity contribution < 1.29 is 27.9 Å². The first-order chi connectivity index (χ1) is 9.17. The first-order valence-corrected chi connectivity index (χ1v) is 7.16. The van der Waals surface area contributed by atoms with Crippen molar-refractivity contribution in [2.45, 2.75) is 31.5 Å². The summed E-state index contributed by atoms with van der Waals surface area (Å²) in [5, 5.41) is 12.4. The van der Waals surface area contributed by atoms with Crippen LogP contribution < -0.4 is 5.32 Å². The quantitative estimate of drug-likeness (QED) is 0.805. The highest BCUT2D eigenvalue weighted by molar-refractivity contribution is 9.10. The van der Waals surface area contributed by atoms with Gasteiger partial charge in [-0.05, 0) is 28.4 Å². The van der Waals surface area contributed by atoms with Gasteiger partial charge in [0.2, 0.25) is 5.91 Å². The molecule has 20 heavy (non-hydrogen) atoms. The van der Waals surface area contributed by atoms with Crippen molar-refractivity contribution >= 4 is 39.1 Å². The molecule has 1 rings (SSSR count). The molecular weight excluding hydrogens is 363 g/mol. The van der Waals surface area contributed by atoms with Crippen LogP contribution in [0.3, 0.4) is 0 Å². The summed E-state index contributed by atoms with van der Waals surface area (Å²) in [6, 6.07) is -0.153. The maximum atomic E-state index is 12.2. The normalized spacial score (nSPS) is 13.0. The Morgan fingerprint density at radius 1 is 1.45 bits per heavy atom. The van der Waals surface area contributed by atoms with E-state index < -0.39 is 30.5 Å². The van der Waals surface area contributed by atoms with E-state index in [1.54, 1.807) is 6.07 Å². The van der Waals surface area contributed by atoms with Gasteiger partial charge in [0.05, 0.1) is 6.42 Å². The molecular formula is C11H11BrF3NO3S. The van der Waals surface area contributed by atoms with Gasteiger partial charge in [-0.25, -0.2) is 4.79 Å². The van der Waals surface area contributed by atoms with Gasteiger partial charge in [-0.3, -0.25) is 4.79 Å². The highest BCUT2D eigenvalue weighted by Gasteiger charge is 2.36. The van der Waals surface area contributed by atoms with Gasteiger partial charge in [0.25, 0.3) is 0 Å². The number of nitrogens with one attached hydrogen (secondary N) is 1. The van der Waals surface area contributed by atoms with E-state index in [4.69, 9.17) is 5.11 Å². The third-order valence-electron chi connectivity index (χ3n) is 2.29. The molecule has 112 valence electrons. The number of rotatable bonds is 6. The van der Waals surface area contributed by atoms with Gasteiger partial charge in [0.15, 0.2) is 0 Å². The standard InChI is InChI=1S/C11H11BrF3NO3S/c12-6-3-7(20-5-6)1-2-9(17)16-8(10(18)19)4-11(13,14)15/h3,5,8H,1-2,4H2,(H,16,17)(H,18,19). The van der Waals surface area contributed by atoms with E-state index in [9.17, 15) is 22.8 Å². The van der Waals surface area contributed by atoms with Crippen LogP contribution in [0.1, 0.15) is 17.7 Å². The minimum absolute atomic E-state index is 0.0609. The number of aliphatic carboxylic acids is 1. The first-order valence-electron chi connectivity index (χ1n) is 5.49. The summed E-state index contributed by atoms with van der Waals surface area (Å²) in [6.45, 7) is 0. The van der Waals surface area contributed by atoms with Crippen LogP contribution in [0.25, 0.3) is 0 Å². The second-order valence-corrected chi connectivity index (χ2v) is 5.92. The van der Waals surface area contributed by atoms with Gasteiger partial charge in [-0.1, -0.05) is 0 Å². The Labute approximate surface area is 125 Å². The average Bonchev–Trinajstić information content (AvgIpc) is 2.70. The Balaban J connectivity index is 2.48. The molecule has 0 aromatic carbocycles. The Hall–Kier alpha value is -1.09. The van der Waals surface area contributed by atoms with E-state index in [1.807, 2.05) is 10.7 Å². The molecule has 0 radical (unpaired) electrons. The van der Waals surface area contributed by atoms with Crippen molar-refractivity contribution in [1.82, 2.24) is 5.32 Å². The number of carbonyl (C=O) groups excluding carboxylic acids is 1. The second-order valence-electron chi connectivity index (χ2n) is 4.01. The van der Waals surface area contributed by atoms with E-state index in [2.05, 4.69) is 15.9 Å². The number of amides is 1. The zero-order chi connectivity index (χ0) is 15.3. The molecule has 4 nitrogen and oxygen atoms in total. The monoisotopic (exact) mass is 373 g/mol. The smallest absolute Gasteiger partial charge is 0.391 e. The fourth-order valence-electron chi connectivity index (χ4n) is 1.42. The molecule has 0 spiro atoms. The second kappa shape index (κ2) is 7.07. The topological polar surface area (TPSA) is 66.4 Å². The molecule has 1 heterocycles. The van der Waals surface area contributed by atoms with Gasteiger partial charge >= 0.3 is 12.1 Å². The Bertz CT molecular complexity index is 490. The molecule has 0 fully saturated rings. The lowest BCUT2D eigenvalue weighted by Crippen LogP contribution is -2.43. The summed E-state index contributed by atoms with van der Waals surface area (Å²) in [5.41, 5.74) is 0. The van der Waals surface area contributed by atoms with Gasteiger partial charge in [-0.2, -0.15) is 13.2 Å². The molecule has 0 aliphatic carbocycles. The molecule has 1 amide bonds. The first kappa shape index (κ1) is 17.0.